The van der Waals surface area contributed by atoms with Crippen molar-refractivity contribution < 1.29 is 24.3 Å². The summed E-state index contributed by atoms with van der Waals surface area (Å²) in [6.45, 7) is 0. The minimum absolute atomic E-state index is 0.0754. The number of amides is 3. The average molecular weight is 702 g/mol. The van der Waals surface area contributed by atoms with Gasteiger partial charge in [-0.15, -0.1) is 11.8 Å². The number of anilines is 2. The van der Waals surface area contributed by atoms with Crippen LogP contribution in [0.25, 0.3) is 0 Å². The Hall–Kier alpha value is -4.06. The van der Waals surface area contributed by atoms with Gasteiger partial charge in [-0.2, -0.15) is 10.1 Å². The lowest BCUT2D eigenvalue weighted by Crippen LogP contribution is -2.33. The second-order valence-corrected chi connectivity index (χ2v) is 12.1. The fraction of sp³-hybridized carbons (Fsp3) is 0.0645. The molecule has 3 N–H and O–H groups in total. The van der Waals surface area contributed by atoms with E-state index < -0.39 is 39.2 Å². The first kappa shape index (κ1) is 32.3. The van der Waals surface area contributed by atoms with E-state index in [0.717, 1.165) is 0 Å². The molecule has 4 aromatic rings. The zero-order valence-electron chi connectivity index (χ0n) is 22.8. The molecule has 0 fully saturated rings. The first-order chi connectivity index (χ1) is 21.5. The number of carbonyl (C=O) groups excluding carboxylic acids is 3. The van der Waals surface area contributed by atoms with Crippen molar-refractivity contribution in [3.63, 3.8) is 0 Å². The van der Waals surface area contributed by atoms with Crippen molar-refractivity contribution in [2.45, 2.75) is 16.6 Å². The molecule has 4 aromatic carbocycles. The summed E-state index contributed by atoms with van der Waals surface area (Å²) in [5.41, 5.74) is 0.483. The number of carboxylic acid groups (broad SMARTS) is 1. The van der Waals surface area contributed by atoms with Crippen LogP contribution >= 0.6 is 58.2 Å². The van der Waals surface area contributed by atoms with Crippen LogP contribution in [0.15, 0.2) is 94.9 Å². The highest BCUT2D eigenvalue weighted by Crippen LogP contribution is 2.42. The molecule has 45 heavy (non-hydrogen) atoms. The highest BCUT2D eigenvalue weighted by molar-refractivity contribution is 8.00. The number of carbonyl (C=O) groups is 4. The van der Waals surface area contributed by atoms with Crippen LogP contribution in [0.2, 0.25) is 20.1 Å². The molecular formula is C31H20Cl4N4O5S. The third-order valence-electron chi connectivity index (χ3n) is 6.44. The van der Waals surface area contributed by atoms with E-state index in [1.807, 2.05) is 12.1 Å². The molecule has 1 aliphatic rings. The molecule has 228 valence electrons. The Labute approximate surface area is 281 Å². The molecule has 5 rings (SSSR count). The summed E-state index contributed by atoms with van der Waals surface area (Å²) in [5.74, 6) is -2.89. The van der Waals surface area contributed by atoms with Crippen molar-refractivity contribution in [2.75, 3.05) is 10.3 Å². The number of amidine groups is 1. The summed E-state index contributed by atoms with van der Waals surface area (Å²) in [6, 6.07) is 24.5. The van der Waals surface area contributed by atoms with E-state index >= 15 is 0 Å². The smallest absolute Gasteiger partial charge is 0.338 e. The molecule has 1 heterocycles. The quantitative estimate of drug-likeness (QED) is 0.0972. The number of thioether (sulfide) groups is 1. The normalized spacial score (nSPS) is 13.3. The van der Waals surface area contributed by atoms with E-state index in [9.17, 15) is 24.3 Å². The molecule has 0 saturated heterocycles. The van der Waals surface area contributed by atoms with Gasteiger partial charge in [-0.3, -0.25) is 14.4 Å². The zero-order chi connectivity index (χ0) is 32.2. The van der Waals surface area contributed by atoms with Gasteiger partial charge in [-0.1, -0.05) is 101 Å². The Bertz CT molecular complexity index is 1860. The van der Waals surface area contributed by atoms with Crippen LogP contribution in [0.3, 0.4) is 0 Å². The highest BCUT2D eigenvalue weighted by Gasteiger charge is 2.31. The average Bonchev–Trinajstić information content (AvgIpc) is 3.40. The number of nitrogens with zero attached hydrogens (tertiary/aromatic N) is 2. The molecule has 1 unspecified atom stereocenters. The van der Waals surface area contributed by atoms with E-state index in [4.69, 9.17) is 46.4 Å². The summed E-state index contributed by atoms with van der Waals surface area (Å²) in [7, 11) is 0. The predicted octanol–water partition coefficient (Wildman–Crippen LogP) is 7.95. The zero-order valence-corrected chi connectivity index (χ0v) is 26.6. The van der Waals surface area contributed by atoms with Gasteiger partial charge in [0.1, 0.15) is 11.1 Å². The Morgan fingerprint density at radius 3 is 2.07 bits per heavy atom. The molecule has 0 radical (unpaired) electrons. The maximum atomic E-state index is 13.6. The Morgan fingerprint density at radius 1 is 0.800 bits per heavy atom. The highest BCUT2D eigenvalue weighted by atomic mass is 35.5. The molecule has 0 saturated carbocycles. The number of hydrazone groups is 1. The molecule has 3 amide bonds. The van der Waals surface area contributed by atoms with Crippen molar-refractivity contribution in [3.05, 3.63) is 122 Å². The van der Waals surface area contributed by atoms with Crippen molar-refractivity contribution in [3.8, 4) is 0 Å². The fourth-order valence-corrected chi connectivity index (χ4v) is 6.50. The van der Waals surface area contributed by atoms with Gasteiger partial charge in [-0.05, 0) is 35.9 Å². The van der Waals surface area contributed by atoms with Gasteiger partial charge >= 0.3 is 5.97 Å². The van der Waals surface area contributed by atoms with Crippen LogP contribution in [0.4, 0.5) is 11.4 Å². The number of benzene rings is 4. The van der Waals surface area contributed by atoms with Gasteiger partial charge in [-0.25, -0.2) is 4.79 Å². The summed E-state index contributed by atoms with van der Waals surface area (Å²) < 4.78 is 0. The lowest BCUT2D eigenvalue weighted by molar-refractivity contribution is -0.119. The number of rotatable bonds is 8. The molecule has 0 bridgehead atoms. The molecule has 0 aromatic heterocycles. The second-order valence-electron chi connectivity index (χ2n) is 9.46. The SMILES string of the molecule is O=C(O)c1c(Cl)c(Cl)c(Cl)c(Cl)c1C(=O)Nc1cccc(SC(C(=O)NC2=NN(c3ccccc3)C(=O)C2)c2ccccc2)c1. The van der Waals surface area contributed by atoms with Crippen LogP contribution in [-0.2, 0) is 9.59 Å². The molecular weight excluding hydrogens is 682 g/mol. The van der Waals surface area contributed by atoms with Gasteiger partial charge in [0, 0.05) is 10.6 Å². The number of hydrogen-bond donors (Lipinski definition) is 3. The summed E-state index contributed by atoms with van der Waals surface area (Å²) in [5, 5.41) is 18.5. The number of halogens is 4. The molecule has 0 aliphatic carbocycles. The van der Waals surface area contributed by atoms with Crippen molar-refractivity contribution in [2.24, 2.45) is 5.10 Å². The van der Waals surface area contributed by atoms with Gasteiger partial charge in [0.05, 0.1) is 43.3 Å². The summed E-state index contributed by atoms with van der Waals surface area (Å²) >= 11 is 25.6. The number of aromatic carboxylic acids is 1. The third kappa shape index (κ3) is 7.11. The van der Waals surface area contributed by atoms with E-state index in [1.165, 1.54) is 16.8 Å². The van der Waals surface area contributed by atoms with E-state index in [0.29, 0.717) is 16.1 Å². The second kappa shape index (κ2) is 13.9. The minimum atomic E-state index is -1.52. The van der Waals surface area contributed by atoms with Gasteiger partial charge in [0.2, 0.25) is 5.91 Å². The Kier molecular flexibility index (Phi) is 10.0. The topological polar surface area (TPSA) is 128 Å². The number of hydrogen-bond acceptors (Lipinski definition) is 6. The van der Waals surface area contributed by atoms with Crippen molar-refractivity contribution >= 4 is 99.1 Å². The minimum Gasteiger partial charge on any atom is -0.478 e. The standard InChI is InChI=1S/C31H20Cl4N4O5S/c32-24-22(23(31(43)44)25(33)27(35)26(24)34)29(41)36-17-10-7-13-19(14-17)45-28(16-8-3-1-4-9-16)30(42)37-20-15-21(40)39(38-20)18-11-5-2-6-12-18/h1-14,28H,15H2,(H,36,41)(H,43,44)(H,37,38,42). The lowest BCUT2D eigenvalue weighted by atomic mass is 10.1. The first-order valence-corrected chi connectivity index (χ1v) is 15.4. The van der Waals surface area contributed by atoms with Crippen LogP contribution in [-0.4, -0.2) is 34.6 Å². The summed E-state index contributed by atoms with van der Waals surface area (Å²) in [6.07, 6.45) is -0.0754. The van der Waals surface area contributed by atoms with Crippen LogP contribution in [0, 0.1) is 0 Å². The van der Waals surface area contributed by atoms with E-state index in [1.54, 1.807) is 72.8 Å². The molecule has 0 spiro atoms. The largest absolute Gasteiger partial charge is 0.478 e. The fourth-order valence-electron chi connectivity index (χ4n) is 4.40. The Morgan fingerprint density at radius 2 is 1.42 bits per heavy atom. The summed E-state index contributed by atoms with van der Waals surface area (Å²) in [4.78, 5) is 52.0. The predicted molar refractivity (Wildman–Crippen MR) is 177 cm³/mol. The van der Waals surface area contributed by atoms with Crippen LogP contribution in [0.1, 0.15) is 38.0 Å². The van der Waals surface area contributed by atoms with Crippen molar-refractivity contribution in [1.29, 1.82) is 0 Å². The molecule has 1 aliphatic heterocycles. The number of para-hydroxylation sites is 1. The third-order valence-corrected chi connectivity index (χ3v) is 9.49. The van der Waals surface area contributed by atoms with Gasteiger partial charge in [0.25, 0.3) is 11.8 Å². The molecule has 9 nitrogen and oxygen atoms in total. The van der Waals surface area contributed by atoms with Crippen LogP contribution in [0.5, 0.6) is 0 Å². The maximum Gasteiger partial charge on any atom is 0.338 e. The number of carboxylic acids is 1. The van der Waals surface area contributed by atoms with Gasteiger partial charge in [0.15, 0.2) is 0 Å². The van der Waals surface area contributed by atoms with E-state index in [-0.39, 0.29) is 38.9 Å². The Balaban J connectivity index is 1.39. The molecule has 1 atom stereocenters. The van der Waals surface area contributed by atoms with Crippen molar-refractivity contribution in [1.82, 2.24) is 5.32 Å². The van der Waals surface area contributed by atoms with Crippen LogP contribution < -0.4 is 15.6 Å². The first-order valence-electron chi connectivity index (χ1n) is 13.0. The maximum absolute atomic E-state index is 13.6. The van der Waals surface area contributed by atoms with Gasteiger partial charge < -0.3 is 15.7 Å². The lowest BCUT2D eigenvalue weighted by Gasteiger charge is -2.18. The number of nitrogens with one attached hydrogen (secondary N) is 2. The van der Waals surface area contributed by atoms with E-state index in [2.05, 4.69) is 15.7 Å². The monoisotopic (exact) mass is 700 g/mol. The molecule has 14 heteroatoms.